The number of rotatable bonds is 10. The fourth-order valence-corrected chi connectivity index (χ4v) is 8.44. The Labute approximate surface area is 278 Å². The number of aliphatic hydroxyl groups is 3. The summed E-state index contributed by atoms with van der Waals surface area (Å²) < 4.78 is 29.5. The summed E-state index contributed by atoms with van der Waals surface area (Å²) in [5.74, 6) is -3.92. The number of aliphatic hydroxyl groups excluding tert-OH is 2. The maximum Gasteiger partial charge on any atom is 0.340 e. The topological polar surface area (TPSA) is 188 Å². The van der Waals surface area contributed by atoms with E-state index in [2.05, 4.69) is 4.98 Å². The zero-order chi connectivity index (χ0) is 35.1. The number of pyridine rings is 1. The van der Waals surface area contributed by atoms with Crippen LogP contribution in [0.1, 0.15) is 80.5 Å². The summed E-state index contributed by atoms with van der Waals surface area (Å²) in [5, 5.41) is 37.4. The SMILES string of the molecule is COC(=O)CCCC[C@]12[C@H](OC(=O)c3ccccc3)[C@@H](OC(C)=O)[C@@H]3[C@@H](O)[C@]1(OC3(C)C)[C@@](C)(O)C[C@H](OC(=O)c1cccnc1)[C@@H]2O. The van der Waals surface area contributed by atoms with Gasteiger partial charge in [0.2, 0.25) is 0 Å². The molecule has 1 aliphatic heterocycles. The average molecular weight is 670 g/mol. The smallest absolute Gasteiger partial charge is 0.340 e. The quantitative estimate of drug-likeness (QED) is 0.190. The maximum atomic E-state index is 13.8. The summed E-state index contributed by atoms with van der Waals surface area (Å²) in [6.07, 6.45) is -5.00. The van der Waals surface area contributed by atoms with Gasteiger partial charge in [-0.2, -0.15) is 0 Å². The average Bonchev–Trinajstić information content (AvgIpc) is 3.23. The van der Waals surface area contributed by atoms with Gasteiger partial charge in [-0.1, -0.05) is 24.6 Å². The van der Waals surface area contributed by atoms with Gasteiger partial charge in [-0.3, -0.25) is 14.6 Å². The van der Waals surface area contributed by atoms with Crippen LogP contribution in [0, 0.1) is 11.3 Å². The molecule has 1 spiro atoms. The number of carbonyl (C=O) groups excluding carboxylic acids is 4. The highest BCUT2D eigenvalue weighted by molar-refractivity contribution is 5.90. The summed E-state index contributed by atoms with van der Waals surface area (Å²) in [6, 6.07) is 11.1. The summed E-state index contributed by atoms with van der Waals surface area (Å²) in [7, 11) is 1.26. The van der Waals surface area contributed by atoms with Gasteiger partial charge in [0.05, 0.1) is 46.9 Å². The van der Waals surface area contributed by atoms with Crippen molar-refractivity contribution in [2.45, 2.75) is 107 Å². The number of hydrogen-bond donors (Lipinski definition) is 3. The molecule has 0 radical (unpaired) electrons. The normalized spacial score (nSPS) is 34.8. The lowest BCUT2D eigenvalue weighted by atomic mass is 9.44. The molecule has 2 aromatic rings. The van der Waals surface area contributed by atoms with Gasteiger partial charge in [0.1, 0.15) is 23.9 Å². The Balaban J connectivity index is 1.71. The zero-order valence-electron chi connectivity index (χ0n) is 27.7. The summed E-state index contributed by atoms with van der Waals surface area (Å²) >= 11 is 0. The second-order valence-corrected chi connectivity index (χ2v) is 13.6. The predicted octanol–water partition coefficient (Wildman–Crippen LogP) is 2.54. The van der Waals surface area contributed by atoms with E-state index in [1.54, 1.807) is 32.0 Å². The molecule has 2 aliphatic carbocycles. The van der Waals surface area contributed by atoms with Gasteiger partial charge in [0.25, 0.3) is 0 Å². The van der Waals surface area contributed by atoms with Gasteiger partial charge in [-0.25, -0.2) is 9.59 Å². The van der Waals surface area contributed by atoms with Gasteiger partial charge in [0.15, 0.2) is 6.10 Å². The molecular formula is C35H43NO12. The number of unbranched alkanes of at least 4 members (excludes halogenated alkanes) is 1. The van der Waals surface area contributed by atoms with E-state index in [-0.39, 0.29) is 43.2 Å². The minimum absolute atomic E-state index is 0.00482. The zero-order valence-corrected chi connectivity index (χ0v) is 27.7. The molecule has 3 fully saturated rings. The van der Waals surface area contributed by atoms with Crippen LogP contribution in [0.15, 0.2) is 54.9 Å². The fourth-order valence-electron chi connectivity index (χ4n) is 8.44. The van der Waals surface area contributed by atoms with Crippen LogP contribution in [0.2, 0.25) is 0 Å². The third-order valence-electron chi connectivity index (χ3n) is 10.3. The van der Waals surface area contributed by atoms with Crippen LogP contribution in [0.25, 0.3) is 0 Å². The van der Waals surface area contributed by atoms with Gasteiger partial charge < -0.3 is 39.0 Å². The number of benzene rings is 1. The Morgan fingerprint density at radius 1 is 0.917 bits per heavy atom. The van der Waals surface area contributed by atoms with E-state index in [4.69, 9.17) is 23.7 Å². The Kier molecular flexibility index (Phi) is 9.72. The first-order chi connectivity index (χ1) is 22.6. The molecule has 13 heteroatoms. The van der Waals surface area contributed by atoms with E-state index in [9.17, 15) is 34.5 Å². The van der Waals surface area contributed by atoms with Gasteiger partial charge in [-0.05, 0) is 57.9 Å². The molecule has 2 heterocycles. The first-order valence-electron chi connectivity index (χ1n) is 16.0. The number of carbonyl (C=O) groups is 4. The minimum Gasteiger partial charge on any atom is -0.469 e. The number of esters is 4. The Hall–Kier alpha value is -3.91. The number of ether oxygens (including phenoxy) is 5. The van der Waals surface area contributed by atoms with Crippen molar-refractivity contribution in [1.29, 1.82) is 0 Å². The van der Waals surface area contributed by atoms with Crippen molar-refractivity contribution >= 4 is 23.9 Å². The summed E-state index contributed by atoms with van der Waals surface area (Å²) in [4.78, 5) is 55.9. The van der Waals surface area contributed by atoms with E-state index in [0.717, 1.165) is 0 Å². The molecule has 1 aromatic carbocycles. The number of methoxy groups -OCH3 is 1. The Morgan fingerprint density at radius 3 is 2.21 bits per heavy atom. The monoisotopic (exact) mass is 669 g/mol. The third-order valence-corrected chi connectivity index (χ3v) is 10.3. The number of hydrogen-bond acceptors (Lipinski definition) is 13. The molecule has 2 saturated carbocycles. The Morgan fingerprint density at radius 2 is 1.58 bits per heavy atom. The molecule has 260 valence electrons. The largest absolute Gasteiger partial charge is 0.469 e. The molecule has 9 atom stereocenters. The van der Waals surface area contributed by atoms with Crippen molar-refractivity contribution in [2.24, 2.45) is 11.3 Å². The number of nitrogens with zero attached hydrogens (tertiary/aromatic N) is 1. The fraction of sp³-hybridized carbons (Fsp3) is 0.571. The molecule has 3 aliphatic rings. The van der Waals surface area contributed by atoms with Crippen LogP contribution in [-0.4, -0.2) is 98.6 Å². The van der Waals surface area contributed by atoms with Gasteiger partial charge in [-0.15, -0.1) is 0 Å². The van der Waals surface area contributed by atoms with Gasteiger partial charge >= 0.3 is 23.9 Å². The van der Waals surface area contributed by atoms with E-state index in [0.29, 0.717) is 0 Å². The second-order valence-electron chi connectivity index (χ2n) is 13.6. The lowest BCUT2D eigenvalue weighted by Crippen LogP contribution is -2.83. The summed E-state index contributed by atoms with van der Waals surface area (Å²) in [5.41, 5.74) is -7.10. The van der Waals surface area contributed by atoms with Crippen LogP contribution < -0.4 is 0 Å². The van der Waals surface area contributed by atoms with Crippen LogP contribution in [0.3, 0.4) is 0 Å². The molecule has 3 N–H and O–H groups in total. The van der Waals surface area contributed by atoms with Crippen molar-refractivity contribution < 1.29 is 58.2 Å². The van der Waals surface area contributed by atoms with Crippen LogP contribution in [-0.2, 0) is 33.3 Å². The lowest BCUT2D eigenvalue weighted by molar-refractivity contribution is -0.356. The van der Waals surface area contributed by atoms with E-state index in [1.807, 2.05) is 0 Å². The molecule has 0 unspecified atom stereocenters. The van der Waals surface area contributed by atoms with Crippen molar-refractivity contribution in [1.82, 2.24) is 4.98 Å². The highest BCUT2D eigenvalue weighted by Crippen LogP contribution is 2.69. The van der Waals surface area contributed by atoms with Crippen molar-refractivity contribution in [3.05, 3.63) is 66.0 Å². The molecule has 13 nitrogen and oxygen atoms in total. The van der Waals surface area contributed by atoms with Crippen molar-refractivity contribution in [3.63, 3.8) is 0 Å². The highest BCUT2D eigenvalue weighted by Gasteiger charge is 2.86. The van der Waals surface area contributed by atoms with Crippen LogP contribution in [0.5, 0.6) is 0 Å². The molecule has 48 heavy (non-hydrogen) atoms. The molecule has 5 rings (SSSR count). The van der Waals surface area contributed by atoms with E-state index >= 15 is 0 Å². The first kappa shape index (κ1) is 35.4. The van der Waals surface area contributed by atoms with Gasteiger partial charge in [0, 0.05) is 32.2 Å². The molecule has 1 aromatic heterocycles. The molecule has 2 bridgehead atoms. The number of aromatic nitrogens is 1. The maximum absolute atomic E-state index is 13.8. The van der Waals surface area contributed by atoms with Crippen molar-refractivity contribution in [3.8, 4) is 0 Å². The summed E-state index contributed by atoms with van der Waals surface area (Å²) in [6.45, 7) is 5.90. The Bertz CT molecular complexity index is 1510. The molecular weight excluding hydrogens is 626 g/mol. The van der Waals surface area contributed by atoms with Crippen molar-refractivity contribution in [2.75, 3.05) is 7.11 Å². The number of fused-ring (bicyclic) bond motifs is 1. The van der Waals surface area contributed by atoms with E-state index in [1.165, 1.54) is 57.6 Å². The predicted molar refractivity (Wildman–Crippen MR) is 166 cm³/mol. The second kappa shape index (κ2) is 13.2. The standard InChI is InChI=1S/C35H43NO12/c1-20(37)45-26-25-28(40)35(48-32(25,2)3)33(4,43)18-23(46-31(42)22-14-11-17-36-19-22)27(39)34(35,16-10-9-15-24(38)44-5)29(26)47-30(41)21-12-7-6-8-13-21/h6-8,11-14,17,19,23,25-29,39-40,43H,9-10,15-16,18H2,1-5H3/t23-,25+,26-,27-,28+,29+,33-,34-,35-/m0/s1. The molecule has 0 amide bonds. The lowest BCUT2D eigenvalue weighted by Gasteiger charge is -2.66. The van der Waals surface area contributed by atoms with Crippen LogP contribution in [0.4, 0.5) is 0 Å². The first-order valence-corrected chi connectivity index (χ1v) is 16.0. The van der Waals surface area contributed by atoms with Crippen LogP contribution >= 0.6 is 0 Å². The third kappa shape index (κ3) is 5.76. The molecule has 1 saturated heterocycles. The van der Waals surface area contributed by atoms with E-state index < -0.39 is 82.5 Å². The highest BCUT2D eigenvalue weighted by atomic mass is 16.6. The minimum atomic E-state index is -2.05.